The van der Waals surface area contributed by atoms with Crippen molar-refractivity contribution >= 4 is 5.97 Å². The lowest BCUT2D eigenvalue weighted by molar-refractivity contribution is -0.146. The predicted molar refractivity (Wildman–Crippen MR) is 55.1 cm³/mol. The summed E-state index contributed by atoms with van der Waals surface area (Å²) in [5.74, 6) is -5.65. The highest BCUT2D eigenvalue weighted by molar-refractivity contribution is 5.77. The van der Waals surface area contributed by atoms with E-state index in [1.54, 1.807) is 5.32 Å². The summed E-state index contributed by atoms with van der Waals surface area (Å²) in [4.78, 5) is 11.3. The molecule has 1 aromatic rings. The third-order valence-corrected chi connectivity index (χ3v) is 2.29. The van der Waals surface area contributed by atoms with E-state index >= 15 is 0 Å². The van der Waals surface area contributed by atoms with Crippen LogP contribution in [0.15, 0.2) is 12.1 Å². The summed E-state index contributed by atoms with van der Waals surface area (Å²) in [6.45, 7) is -1.63. The Morgan fingerprint density at radius 3 is 2.25 bits per heavy atom. The van der Waals surface area contributed by atoms with Gasteiger partial charge in [0.25, 0.3) is 0 Å². The van der Waals surface area contributed by atoms with Gasteiger partial charge in [0, 0.05) is 11.6 Å². The Morgan fingerprint density at radius 2 is 1.75 bits per heavy atom. The first kappa shape index (κ1) is 16.3. The molecule has 1 N–H and O–H groups in total. The largest absolute Gasteiger partial charge is 0.468 e. The number of methoxy groups -OCH3 is 1. The van der Waals surface area contributed by atoms with Crippen LogP contribution in [0.5, 0.6) is 0 Å². The van der Waals surface area contributed by atoms with E-state index in [0.717, 1.165) is 7.11 Å². The molecule has 0 saturated carbocycles. The Labute approximate surface area is 109 Å². The zero-order valence-electron chi connectivity index (χ0n) is 10.0. The average molecular weight is 301 g/mol. The van der Waals surface area contributed by atoms with E-state index in [0.29, 0.717) is 6.07 Å². The van der Waals surface area contributed by atoms with E-state index in [9.17, 15) is 31.1 Å². The van der Waals surface area contributed by atoms with E-state index in [2.05, 4.69) is 4.74 Å². The molecule has 3 nitrogen and oxygen atoms in total. The van der Waals surface area contributed by atoms with E-state index in [4.69, 9.17) is 0 Å². The smallest absolute Gasteiger partial charge is 0.401 e. The zero-order valence-corrected chi connectivity index (χ0v) is 10.0. The molecule has 0 aliphatic carbocycles. The molecule has 0 amide bonds. The Bertz CT molecular complexity index is 502. The van der Waals surface area contributed by atoms with Crippen molar-refractivity contribution in [1.82, 2.24) is 5.32 Å². The minimum absolute atomic E-state index is 0.135. The summed E-state index contributed by atoms with van der Waals surface area (Å²) in [7, 11) is 0.863. The molecule has 0 bridgehead atoms. The number of esters is 1. The van der Waals surface area contributed by atoms with Gasteiger partial charge in [0.15, 0.2) is 11.6 Å². The number of alkyl halides is 3. The first-order chi connectivity index (χ1) is 9.15. The number of hydrogen-bond donors (Lipinski definition) is 1. The number of nitrogens with one attached hydrogen (secondary N) is 1. The van der Waals surface area contributed by atoms with Crippen molar-refractivity contribution in [3.05, 3.63) is 35.1 Å². The van der Waals surface area contributed by atoms with Gasteiger partial charge in [-0.05, 0) is 6.07 Å². The van der Waals surface area contributed by atoms with Crippen molar-refractivity contribution in [2.75, 3.05) is 13.7 Å². The van der Waals surface area contributed by atoms with Crippen molar-refractivity contribution in [2.45, 2.75) is 12.2 Å². The summed E-state index contributed by atoms with van der Waals surface area (Å²) in [5, 5.41) is 1.69. The van der Waals surface area contributed by atoms with Crippen LogP contribution in [0.3, 0.4) is 0 Å². The zero-order chi connectivity index (χ0) is 15.5. The van der Waals surface area contributed by atoms with Gasteiger partial charge in [-0.2, -0.15) is 13.2 Å². The van der Waals surface area contributed by atoms with Crippen LogP contribution in [0.2, 0.25) is 0 Å². The standard InChI is InChI=1S/C11H9F6NO2/c1-20-10(19)9(18-4-11(15,16)17)5-2-7(13)8(14)3-6(5)12/h2-3,9,18H,4H2,1H3. The number of benzene rings is 1. The Hall–Kier alpha value is -1.77. The highest BCUT2D eigenvalue weighted by atomic mass is 19.4. The quantitative estimate of drug-likeness (QED) is 0.527. The minimum atomic E-state index is -4.68. The maximum atomic E-state index is 13.5. The molecule has 1 rings (SSSR count). The first-order valence-electron chi connectivity index (χ1n) is 5.18. The molecule has 1 aromatic carbocycles. The number of halogens is 6. The van der Waals surface area contributed by atoms with Gasteiger partial charge in [0.1, 0.15) is 11.9 Å². The fourth-order valence-corrected chi connectivity index (χ4v) is 1.42. The summed E-state index contributed by atoms with van der Waals surface area (Å²) in [6.07, 6.45) is -4.68. The van der Waals surface area contributed by atoms with Gasteiger partial charge < -0.3 is 4.74 Å². The average Bonchev–Trinajstić information content (AvgIpc) is 2.33. The van der Waals surface area contributed by atoms with Crippen LogP contribution in [-0.2, 0) is 9.53 Å². The number of carbonyl (C=O) groups is 1. The number of ether oxygens (including phenoxy) is 1. The summed E-state index contributed by atoms with van der Waals surface area (Å²) in [6, 6.07) is -1.47. The molecule has 0 saturated heterocycles. The molecule has 0 heterocycles. The Morgan fingerprint density at radius 1 is 1.20 bits per heavy atom. The lowest BCUT2D eigenvalue weighted by Crippen LogP contribution is -2.37. The number of rotatable bonds is 4. The topological polar surface area (TPSA) is 38.3 Å². The van der Waals surface area contributed by atoms with Crippen LogP contribution >= 0.6 is 0 Å². The van der Waals surface area contributed by atoms with Crippen molar-refractivity contribution in [3.63, 3.8) is 0 Å². The summed E-state index contributed by atoms with van der Waals surface area (Å²) < 4.78 is 79.7. The fraction of sp³-hybridized carbons (Fsp3) is 0.364. The lowest BCUT2D eigenvalue weighted by Gasteiger charge is -2.18. The first-order valence-corrected chi connectivity index (χ1v) is 5.18. The third-order valence-electron chi connectivity index (χ3n) is 2.29. The van der Waals surface area contributed by atoms with Gasteiger partial charge in [-0.25, -0.2) is 18.0 Å². The molecule has 1 unspecified atom stereocenters. The highest BCUT2D eigenvalue weighted by Crippen LogP contribution is 2.23. The van der Waals surface area contributed by atoms with E-state index in [1.165, 1.54) is 0 Å². The van der Waals surface area contributed by atoms with Gasteiger partial charge in [0.2, 0.25) is 0 Å². The third kappa shape index (κ3) is 4.12. The van der Waals surface area contributed by atoms with Crippen LogP contribution < -0.4 is 5.32 Å². The lowest BCUT2D eigenvalue weighted by atomic mass is 10.1. The van der Waals surface area contributed by atoms with Crippen molar-refractivity contribution in [3.8, 4) is 0 Å². The highest BCUT2D eigenvalue weighted by Gasteiger charge is 2.32. The van der Waals surface area contributed by atoms with Gasteiger partial charge in [-0.3, -0.25) is 5.32 Å². The van der Waals surface area contributed by atoms with Crippen LogP contribution in [-0.4, -0.2) is 25.8 Å². The second kappa shape index (κ2) is 6.12. The molecule has 112 valence electrons. The predicted octanol–water partition coefficient (Wildman–Crippen LogP) is 2.47. The molecule has 20 heavy (non-hydrogen) atoms. The minimum Gasteiger partial charge on any atom is -0.468 e. The van der Waals surface area contributed by atoms with Crippen LogP contribution in [0.1, 0.15) is 11.6 Å². The molecule has 0 aromatic heterocycles. The van der Waals surface area contributed by atoms with Crippen LogP contribution in [0, 0.1) is 17.5 Å². The summed E-state index contributed by atoms with van der Waals surface area (Å²) >= 11 is 0. The number of hydrogen-bond acceptors (Lipinski definition) is 3. The van der Waals surface area contributed by atoms with E-state index < -0.39 is 47.7 Å². The van der Waals surface area contributed by atoms with Crippen molar-refractivity contribution in [2.24, 2.45) is 0 Å². The maximum absolute atomic E-state index is 13.5. The molecule has 0 aliphatic rings. The Kier molecular flexibility index (Phi) is 4.98. The van der Waals surface area contributed by atoms with Gasteiger partial charge >= 0.3 is 12.1 Å². The molecule has 0 aliphatic heterocycles. The second-order valence-electron chi connectivity index (χ2n) is 3.74. The van der Waals surface area contributed by atoms with Gasteiger partial charge in [-0.15, -0.1) is 0 Å². The van der Waals surface area contributed by atoms with Crippen molar-refractivity contribution in [1.29, 1.82) is 0 Å². The SMILES string of the molecule is COC(=O)C(NCC(F)(F)F)c1cc(F)c(F)cc1F. The normalized spacial score (nSPS) is 13.2. The second-order valence-corrected chi connectivity index (χ2v) is 3.74. The molecular weight excluding hydrogens is 292 g/mol. The molecule has 0 spiro atoms. The van der Waals surface area contributed by atoms with Crippen LogP contribution in [0.4, 0.5) is 26.3 Å². The van der Waals surface area contributed by atoms with Crippen LogP contribution in [0.25, 0.3) is 0 Å². The molecule has 1 atom stereocenters. The van der Waals surface area contributed by atoms with Crippen molar-refractivity contribution < 1.29 is 35.9 Å². The molecule has 0 fully saturated rings. The summed E-state index contributed by atoms with van der Waals surface area (Å²) in [5.41, 5.74) is -0.778. The monoisotopic (exact) mass is 301 g/mol. The Balaban J connectivity index is 3.11. The van der Waals surface area contributed by atoms with E-state index in [1.807, 2.05) is 0 Å². The van der Waals surface area contributed by atoms with E-state index in [-0.39, 0.29) is 6.07 Å². The maximum Gasteiger partial charge on any atom is 0.401 e. The molecular formula is C11H9F6NO2. The van der Waals surface area contributed by atoms with Gasteiger partial charge in [0.05, 0.1) is 13.7 Å². The molecule has 9 heteroatoms. The fourth-order valence-electron chi connectivity index (χ4n) is 1.42. The number of carbonyl (C=O) groups excluding carboxylic acids is 1. The van der Waals surface area contributed by atoms with Gasteiger partial charge in [-0.1, -0.05) is 0 Å². The molecule has 0 radical (unpaired) electrons.